The molecule has 0 unspecified atom stereocenters. The van der Waals surface area contributed by atoms with Gasteiger partial charge in [0.05, 0.1) is 30.3 Å². The number of benzene rings is 2. The summed E-state index contributed by atoms with van der Waals surface area (Å²) in [7, 11) is 1.51. The Morgan fingerprint density at radius 1 is 1.05 bits per heavy atom. The zero-order valence-corrected chi connectivity index (χ0v) is 24.6. The number of piperidine rings is 1. The Morgan fingerprint density at radius 2 is 1.77 bits per heavy atom. The predicted octanol–water partition coefficient (Wildman–Crippen LogP) is 5.89. The molecule has 1 N–H and O–H groups in total. The van der Waals surface area contributed by atoms with Gasteiger partial charge in [-0.25, -0.2) is 18.6 Å². The maximum atomic E-state index is 13.6. The summed E-state index contributed by atoms with van der Waals surface area (Å²) < 4.78 is 44.3. The molecule has 2 aromatic carbocycles. The van der Waals surface area contributed by atoms with E-state index in [0.29, 0.717) is 59.2 Å². The van der Waals surface area contributed by atoms with Gasteiger partial charge in [0.15, 0.2) is 11.5 Å². The average molecular weight is 593 g/mol. The van der Waals surface area contributed by atoms with Crippen LogP contribution in [0.25, 0.3) is 22.2 Å². The van der Waals surface area contributed by atoms with Crippen LogP contribution in [0, 0.1) is 17.6 Å². The number of aromatic nitrogens is 3. The minimum Gasteiger partial charge on any atom is -0.493 e. The molecule has 3 heterocycles. The van der Waals surface area contributed by atoms with Gasteiger partial charge in [-0.2, -0.15) is 0 Å². The fraction of sp³-hybridized carbons (Fsp3) is 0.375. The molecule has 9 nitrogen and oxygen atoms in total. The van der Waals surface area contributed by atoms with Crippen LogP contribution in [0.5, 0.6) is 11.5 Å². The third-order valence-corrected chi connectivity index (χ3v) is 7.14. The van der Waals surface area contributed by atoms with Gasteiger partial charge in [0, 0.05) is 43.4 Å². The highest BCUT2D eigenvalue weighted by atomic mass is 19.1. The highest BCUT2D eigenvalue weighted by molar-refractivity contribution is 5.81. The van der Waals surface area contributed by atoms with E-state index >= 15 is 0 Å². The lowest BCUT2D eigenvalue weighted by molar-refractivity contribution is 0.0164. The highest BCUT2D eigenvalue weighted by Crippen LogP contribution is 2.32. The number of likely N-dealkylation sites (tertiary alicyclic amines) is 1. The standard InChI is InChI=1S/C32H34F2N4O5/c1-32(2,3)43-31(40)38-9-7-19(8-10-38)18-42-28-16-26-24(15-27(28)41-4)30(39)37-29(36-26)11-20-5-6-25(35-17-20)21-12-22(33)14-23(34)13-21/h5-6,12-17,19H,7-11,18H2,1-4H3,(H,36,37,39). The molecule has 226 valence electrons. The molecule has 0 atom stereocenters. The van der Waals surface area contributed by atoms with Crippen molar-refractivity contribution in [1.29, 1.82) is 0 Å². The van der Waals surface area contributed by atoms with Crippen LogP contribution in [0.1, 0.15) is 45.0 Å². The van der Waals surface area contributed by atoms with Gasteiger partial charge in [0.2, 0.25) is 0 Å². The summed E-state index contributed by atoms with van der Waals surface area (Å²) in [4.78, 5) is 38.8. The van der Waals surface area contributed by atoms with Gasteiger partial charge in [0.1, 0.15) is 23.1 Å². The van der Waals surface area contributed by atoms with Crippen molar-refractivity contribution < 1.29 is 27.8 Å². The fourth-order valence-electron chi connectivity index (χ4n) is 4.96. The largest absolute Gasteiger partial charge is 0.493 e. The van der Waals surface area contributed by atoms with Crippen molar-refractivity contribution >= 4 is 17.0 Å². The second-order valence-electron chi connectivity index (χ2n) is 11.6. The minimum atomic E-state index is -0.678. The van der Waals surface area contributed by atoms with Crippen LogP contribution in [0.15, 0.2) is 53.5 Å². The van der Waals surface area contributed by atoms with E-state index in [9.17, 15) is 18.4 Å². The van der Waals surface area contributed by atoms with E-state index in [1.807, 2.05) is 20.8 Å². The van der Waals surface area contributed by atoms with Crippen LogP contribution >= 0.6 is 0 Å². The summed E-state index contributed by atoms with van der Waals surface area (Å²) in [6.07, 6.45) is 3.12. The molecule has 1 aliphatic rings. The molecule has 1 fully saturated rings. The van der Waals surface area contributed by atoms with E-state index in [4.69, 9.17) is 14.2 Å². The van der Waals surface area contributed by atoms with Crippen molar-refractivity contribution in [3.8, 4) is 22.8 Å². The van der Waals surface area contributed by atoms with Crippen molar-refractivity contribution in [2.45, 2.75) is 45.6 Å². The lowest BCUT2D eigenvalue weighted by atomic mass is 9.98. The molecule has 5 rings (SSSR count). The Labute approximate surface area is 247 Å². The number of methoxy groups -OCH3 is 1. The van der Waals surface area contributed by atoms with Crippen molar-refractivity contribution in [3.05, 3.63) is 82.0 Å². The molecular formula is C32H34F2N4O5. The summed E-state index contributed by atoms with van der Waals surface area (Å²) in [5.41, 5.74) is 1.11. The zero-order chi connectivity index (χ0) is 30.7. The third-order valence-electron chi connectivity index (χ3n) is 7.14. The summed E-state index contributed by atoms with van der Waals surface area (Å²) in [6.45, 7) is 7.15. The molecule has 1 aliphatic heterocycles. The number of nitrogens with one attached hydrogen (secondary N) is 1. The Bertz CT molecular complexity index is 1660. The first-order chi connectivity index (χ1) is 20.5. The molecule has 0 spiro atoms. The lowest BCUT2D eigenvalue weighted by Gasteiger charge is -2.33. The lowest BCUT2D eigenvalue weighted by Crippen LogP contribution is -2.42. The van der Waals surface area contributed by atoms with Gasteiger partial charge in [-0.3, -0.25) is 9.78 Å². The number of carbonyl (C=O) groups excluding carboxylic acids is 1. The van der Waals surface area contributed by atoms with Crippen LogP contribution in [-0.2, 0) is 11.2 Å². The number of halogens is 2. The summed E-state index contributed by atoms with van der Waals surface area (Å²) in [5, 5.41) is 0.361. The molecule has 11 heteroatoms. The van der Waals surface area contributed by atoms with E-state index in [1.165, 1.54) is 19.2 Å². The summed E-state index contributed by atoms with van der Waals surface area (Å²) in [5.74, 6) is 0.203. The molecule has 1 amide bonds. The second-order valence-corrected chi connectivity index (χ2v) is 11.6. The molecule has 2 aromatic heterocycles. The normalized spacial score (nSPS) is 14.1. The van der Waals surface area contributed by atoms with Crippen LogP contribution < -0.4 is 15.0 Å². The number of carbonyl (C=O) groups is 1. The number of rotatable bonds is 7. The Balaban J connectivity index is 1.27. The zero-order valence-electron chi connectivity index (χ0n) is 24.6. The Morgan fingerprint density at radius 3 is 2.40 bits per heavy atom. The number of aromatic amines is 1. The van der Waals surface area contributed by atoms with Crippen molar-refractivity contribution in [2.24, 2.45) is 5.92 Å². The molecule has 1 saturated heterocycles. The third kappa shape index (κ3) is 7.46. The van der Waals surface area contributed by atoms with Crippen LogP contribution in [0.4, 0.5) is 13.6 Å². The number of hydrogen-bond acceptors (Lipinski definition) is 7. The van der Waals surface area contributed by atoms with Gasteiger partial charge in [-0.15, -0.1) is 0 Å². The number of ether oxygens (including phenoxy) is 3. The van der Waals surface area contributed by atoms with Crippen LogP contribution in [-0.4, -0.2) is 58.4 Å². The van der Waals surface area contributed by atoms with E-state index in [2.05, 4.69) is 15.0 Å². The van der Waals surface area contributed by atoms with Crippen LogP contribution in [0.2, 0.25) is 0 Å². The summed E-state index contributed by atoms with van der Waals surface area (Å²) >= 11 is 0. The van der Waals surface area contributed by atoms with E-state index < -0.39 is 17.2 Å². The van der Waals surface area contributed by atoms with Gasteiger partial charge in [-0.05, 0) is 69.4 Å². The molecule has 43 heavy (non-hydrogen) atoms. The maximum Gasteiger partial charge on any atom is 0.410 e. The number of hydrogen-bond donors (Lipinski definition) is 1. The molecular weight excluding hydrogens is 558 g/mol. The highest BCUT2D eigenvalue weighted by Gasteiger charge is 2.27. The van der Waals surface area contributed by atoms with Gasteiger partial charge in [0.25, 0.3) is 5.56 Å². The number of amides is 1. The summed E-state index contributed by atoms with van der Waals surface area (Å²) in [6, 6.07) is 9.98. The van der Waals surface area contributed by atoms with Crippen molar-refractivity contribution in [1.82, 2.24) is 19.9 Å². The van der Waals surface area contributed by atoms with E-state index in [0.717, 1.165) is 24.5 Å². The smallest absolute Gasteiger partial charge is 0.410 e. The number of nitrogens with zero attached hydrogens (tertiary/aromatic N) is 3. The molecule has 4 aromatic rings. The first-order valence-corrected chi connectivity index (χ1v) is 14.1. The van der Waals surface area contributed by atoms with E-state index in [1.54, 1.807) is 35.4 Å². The van der Waals surface area contributed by atoms with Crippen molar-refractivity contribution in [2.75, 3.05) is 26.8 Å². The van der Waals surface area contributed by atoms with Crippen molar-refractivity contribution in [3.63, 3.8) is 0 Å². The maximum absolute atomic E-state index is 13.6. The van der Waals surface area contributed by atoms with Gasteiger partial charge in [-0.1, -0.05) is 6.07 Å². The first-order valence-electron chi connectivity index (χ1n) is 14.1. The Kier molecular flexibility index (Phi) is 8.61. The minimum absolute atomic E-state index is 0.237. The number of H-pyrrole nitrogens is 1. The molecule has 0 radical (unpaired) electrons. The quantitative estimate of drug-likeness (QED) is 0.285. The van der Waals surface area contributed by atoms with Crippen LogP contribution in [0.3, 0.4) is 0 Å². The average Bonchev–Trinajstić information content (AvgIpc) is 2.95. The molecule has 0 aliphatic carbocycles. The SMILES string of the molecule is COc1cc2c(=O)[nH]c(Cc3ccc(-c4cc(F)cc(F)c4)nc3)nc2cc1OCC1CCN(C(=O)OC(C)(C)C)CC1. The molecule has 0 saturated carbocycles. The first kappa shape index (κ1) is 29.9. The predicted molar refractivity (Wildman–Crippen MR) is 157 cm³/mol. The van der Waals surface area contributed by atoms with Gasteiger partial charge >= 0.3 is 6.09 Å². The van der Waals surface area contributed by atoms with Gasteiger partial charge < -0.3 is 24.1 Å². The second kappa shape index (κ2) is 12.4. The number of fused-ring (bicyclic) bond motifs is 1. The number of pyridine rings is 1. The monoisotopic (exact) mass is 592 g/mol. The van der Waals surface area contributed by atoms with E-state index in [-0.39, 0.29) is 24.0 Å². The topological polar surface area (TPSA) is 107 Å². The Hall–Kier alpha value is -4.54. The fourth-order valence-corrected chi connectivity index (χ4v) is 4.96. The molecule has 0 bridgehead atoms.